The third-order valence-corrected chi connectivity index (χ3v) is 2.48. The van der Waals surface area contributed by atoms with E-state index in [4.69, 9.17) is 15.7 Å². The third-order valence-electron chi connectivity index (χ3n) is 2.48. The molecule has 0 aliphatic rings. The van der Waals surface area contributed by atoms with Crippen molar-refractivity contribution in [3.05, 3.63) is 53.6 Å². The Hall–Kier alpha value is -2.61. The van der Waals surface area contributed by atoms with Crippen LogP contribution in [0, 0.1) is 11.3 Å². The number of nitrogens with zero attached hydrogens (tertiary/aromatic N) is 1. The van der Waals surface area contributed by atoms with Crippen LogP contribution in [0.1, 0.15) is 17.6 Å². The number of rotatable bonds is 3. The van der Waals surface area contributed by atoms with E-state index in [1.54, 1.807) is 24.3 Å². The Kier molecular flexibility index (Phi) is 3.62. The number of ether oxygens (including phenoxy) is 1. The summed E-state index contributed by atoms with van der Waals surface area (Å²) in [5.41, 5.74) is 5.94. The van der Waals surface area contributed by atoms with Crippen molar-refractivity contribution in [2.75, 3.05) is 5.73 Å². The van der Waals surface area contributed by atoms with Gasteiger partial charge in [0.25, 0.3) is 6.43 Å². The highest BCUT2D eigenvalue weighted by Gasteiger charge is 2.15. The van der Waals surface area contributed by atoms with Gasteiger partial charge in [0, 0.05) is 5.69 Å². The number of alkyl halides is 2. The number of nitrogens with two attached hydrogens (primary N) is 1. The second kappa shape index (κ2) is 5.36. The van der Waals surface area contributed by atoms with Gasteiger partial charge in [-0.25, -0.2) is 8.78 Å². The average Bonchev–Trinajstić information content (AvgIpc) is 2.41. The molecule has 0 fully saturated rings. The van der Waals surface area contributed by atoms with Gasteiger partial charge in [-0.1, -0.05) is 0 Å². The van der Waals surface area contributed by atoms with Gasteiger partial charge in [-0.05, 0) is 42.5 Å². The molecular weight excluding hydrogens is 250 g/mol. The lowest BCUT2D eigenvalue weighted by Gasteiger charge is -2.11. The van der Waals surface area contributed by atoms with Crippen LogP contribution in [0.4, 0.5) is 14.5 Å². The Morgan fingerprint density at radius 1 is 1.11 bits per heavy atom. The number of hydrogen-bond donors (Lipinski definition) is 1. The summed E-state index contributed by atoms with van der Waals surface area (Å²) < 4.78 is 31.1. The van der Waals surface area contributed by atoms with Crippen LogP contribution in [-0.4, -0.2) is 0 Å². The minimum atomic E-state index is -2.67. The number of anilines is 1. The quantitative estimate of drug-likeness (QED) is 0.852. The van der Waals surface area contributed by atoms with Crippen LogP contribution in [0.5, 0.6) is 11.5 Å². The summed E-state index contributed by atoms with van der Waals surface area (Å²) in [4.78, 5) is 0. The van der Waals surface area contributed by atoms with E-state index >= 15 is 0 Å². The molecule has 2 N–H and O–H groups in total. The highest BCUT2D eigenvalue weighted by atomic mass is 19.3. The van der Waals surface area contributed by atoms with Gasteiger partial charge in [-0.2, -0.15) is 5.26 Å². The molecule has 0 saturated heterocycles. The number of halogens is 2. The Bertz CT molecular complexity index is 618. The van der Waals surface area contributed by atoms with E-state index in [-0.39, 0.29) is 17.0 Å². The van der Waals surface area contributed by atoms with Crippen molar-refractivity contribution in [3.8, 4) is 17.6 Å². The molecule has 0 aliphatic heterocycles. The molecule has 0 aliphatic carbocycles. The highest BCUT2D eigenvalue weighted by Crippen LogP contribution is 2.33. The average molecular weight is 260 g/mol. The molecule has 0 saturated carbocycles. The normalized spacial score (nSPS) is 10.2. The van der Waals surface area contributed by atoms with E-state index in [0.29, 0.717) is 11.3 Å². The van der Waals surface area contributed by atoms with Crippen molar-refractivity contribution < 1.29 is 13.5 Å². The summed E-state index contributed by atoms with van der Waals surface area (Å²) in [7, 11) is 0. The Morgan fingerprint density at radius 3 is 2.37 bits per heavy atom. The molecule has 0 amide bonds. The molecule has 2 rings (SSSR count). The van der Waals surface area contributed by atoms with Gasteiger partial charge in [-0.15, -0.1) is 0 Å². The molecule has 2 aromatic carbocycles. The highest BCUT2D eigenvalue weighted by molar-refractivity contribution is 5.50. The van der Waals surface area contributed by atoms with Gasteiger partial charge in [-0.3, -0.25) is 0 Å². The van der Waals surface area contributed by atoms with Crippen LogP contribution in [0.25, 0.3) is 0 Å². The zero-order valence-corrected chi connectivity index (χ0v) is 9.81. The van der Waals surface area contributed by atoms with Crippen molar-refractivity contribution in [1.82, 2.24) is 0 Å². The maximum atomic E-state index is 12.9. The van der Waals surface area contributed by atoms with E-state index in [2.05, 4.69) is 0 Å². The second-order valence-electron chi connectivity index (χ2n) is 3.84. The van der Waals surface area contributed by atoms with Gasteiger partial charge >= 0.3 is 0 Å². The molecule has 0 atom stereocenters. The summed E-state index contributed by atoms with van der Waals surface area (Å²) in [5, 5.41) is 8.66. The van der Waals surface area contributed by atoms with Crippen molar-refractivity contribution in [2.45, 2.75) is 6.43 Å². The van der Waals surface area contributed by atoms with Gasteiger partial charge < -0.3 is 10.5 Å². The van der Waals surface area contributed by atoms with Gasteiger partial charge in [0.2, 0.25) is 0 Å². The fourth-order valence-electron chi connectivity index (χ4n) is 1.55. The Morgan fingerprint density at radius 2 is 1.79 bits per heavy atom. The molecule has 19 heavy (non-hydrogen) atoms. The molecule has 96 valence electrons. The SMILES string of the molecule is N#Cc1ccc(Oc2ccc(N)cc2C(F)F)cc1. The number of nitrogen functional groups attached to an aromatic ring is 1. The van der Waals surface area contributed by atoms with Gasteiger partial charge in [0.1, 0.15) is 11.5 Å². The van der Waals surface area contributed by atoms with Crippen molar-refractivity contribution in [2.24, 2.45) is 0 Å². The summed E-state index contributed by atoms with van der Waals surface area (Å²) >= 11 is 0. The molecule has 2 aromatic rings. The van der Waals surface area contributed by atoms with Crippen molar-refractivity contribution in [1.29, 1.82) is 5.26 Å². The van der Waals surface area contributed by atoms with Crippen LogP contribution in [-0.2, 0) is 0 Å². The van der Waals surface area contributed by atoms with E-state index in [0.717, 1.165) is 0 Å². The first-order valence-electron chi connectivity index (χ1n) is 5.46. The summed E-state index contributed by atoms with van der Waals surface area (Å²) in [6.45, 7) is 0. The minimum Gasteiger partial charge on any atom is -0.457 e. The molecule has 0 aromatic heterocycles. The maximum absolute atomic E-state index is 12.9. The molecule has 0 unspecified atom stereocenters. The lowest BCUT2D eigenvalue weighted by molar-refractivity contribution is 0.148. The molecule has 0 heterocycles. The van der Waals surface area contributed by atoms with Crippen molar-refractivity contribution >= 4 is 5.69 Å². The van der Waals surface area contributed by atoms with Gasteiger partial charge in [0.15, 0.2) is 0 Å². The van der Waals surface area contributed by atoms with E-state index in [1.165, 1.54) is 18.2 Å². The summed E-state index contributed by atoms with van der Waals surface area (Å²) in [5.74, 6) is 0.430. The van der Waals surface area contributed by atoms with Crippen LogP contribution >= 0.6 is 0 Å². The Balaban J connectivity index is 2.30. The standard InChI is InChI=1S/C14H10F2N2O/c15-14(16)12-7-10(18)3-6-13(12)19-11-4-1-9(8-17)2-5-11/h1-7,14H,18H2. The zero-order chi connectivity index (χ0) is 13.8. The fourth-order valence-corrected chi connectivity index (χ4v) is 1.55. The van der Waals surface area contributed by atoms with E-state index in [1.807, 2.05) is 6.07 Å². The van der Waals surface area contributed by atoms with Crippen molar-refractivity contribution in [3.63, 3.8) is 0 Å². The molecule has 3 nitrogen and oxygen atoms in total. The molecule has 0 radical (unpaired) electrons. The zero-order valence-electron chi connectivity index (χ0n) is 9.81. The fraction of sp³-hybridized carbons (Fsp3) is 0.0714. The number of hydrogen-bond acceptors (Lipinski definition) is 3. The largest absolute Gasteiger partial charge is 0.457 e. The number of benzene rings is 2. The third kappa shape index (κ3) is 2.99. The lowest BCUT2D eigenvalue weighted by atomic mass is 10.2. The summed E-state index contributed by atoms with van der Waals surface area (Å²) in [6, 6.07) is 12.2. The smallest absolute Gasteiger partial charge is 0.267 e. The molecule has 5 heteroatoms. The maximum Gasteiger partial charge on any atom is 0.267 e. The molecule has 0 bridgehead atoms. The van der Waals surface area contributed by atoms with E-state index < -0.39 is 6.43 Å². The van der Waals surface area contributed by atoms with Crippen LogP contribution in [0.3, 0.4) is 0 Å². The topological polar surface area (TPSA) is 59.0 Å². The Labute approximate surface area is 108 Å². The summed E-state index contributed by atoms with van der Waals surface area (Å²) in [6.07, 6.45) is -2.67. The molecular formula is C14H10F2N2O. The van der Waals surface area contributed by atoms with E-state index in [9.17, 15) is 8.78 Å². The van der Waals surface area contributed by atoms with Gasteiger partial charge in [0.05, 0.1) is 17.2 Å². The van der Waals surface area contributed by atoms with Crippen LogP contribution in [0.15, 0.2) is 42.5 Å². The first kappa shape index (κ1) is 12.8. The monoisotopic (exact) mass is 260 g/mol. The first-order valence-corrected chi connectivity index (χ1v) is 5.46. The van der Waals surface area contributed by atoms with Crippen LogP contribution in [0.2, 0.25) is 0 Å². The second-order valence-corrected chi connectivity index (χ2v) is 3.84. The number of nitriles is 1. The molecule has 0 spiro atoms. The lowest BCUT2D eigenvalue weighted by Crippen LogP contribution is -1.95. The van der Waals surface area contributed by atoms with Crippen LogP contribution < -0.4 is 10.5 Å². The first-order chi connectivity index (χ1) is 9.10. The predicted molar refractivity (Wildman–Crippen MR) is 67.0 cm³/mol. The minimum absolute atomic E-state index is 0.0499. The predicted octanol–water partition coefficient (Wildman–Crippen LogP) is 3.87.